The first kappa shape index (κ1) is 18.4. The van der Waals surface area contributed by atoms with Gasteiger partial charge in [-0.3, -0.25) is 4.79 Å². The number of fused-ring (bicyclic) bond motifs is 1. The highest BCUT2D eigenvalue weighted by molar-refractivity contribution is 5.86. The fourth-order valence-corrected chi connectivity index (χ4v) is 3.32. The van der Waals surface area contributed by atoms with Crippen LogP contribution in [0.15, 0.2) is 36.8 Å². The highest BCUT2D eigenvalue weighted by atomic mass is 16.5. The summed E-state index contributed by atoms with van der Waals surface area (Å²) in [6.45, 7) is 7.44. The summed E-state index contributed by atoms with van der Waals surface area (Å²) in [5, 5.41) is 1.06. The van der Waals surface area contributed by atoms with Crippen LogP contribution in [0, 0.1) is 6.92 Å². The Morgan fingerprint density at radius 1 is 1.21 bits per heavy atom. The van der Waals surface area contributed by atoms with Crippen molar-refractivity contribution in [3.8, 4) is 17.1 Å². The largest absolute Gasteiger partial charge is 0.484 e. The molecular weight excluding hydrogens is 356 g/mol. The molecule has 1 aromatic carbocycles. The number of morpholine rings is 1. The molecule has 28 heavy (non-hydrogen) atoms. The quantitative estimate of drug-likeness (QED) is 0.681. The van der Waals surface area contributed by atoms with Crippen molar-refractivity contribution in [3.63, 3.8) is 0 Å². The fourth-order valence-electron chi connectivity index (χ4n) is 3.32. The van der Waals surface area contributed by atoms with Crippen LogP contribution in [0.25, 0.3) is 22.3 Å². The smallest absolute Gasteiger partial charge is 0.260 e. The molecular formula is C21H24N4O3. The number of amides is 1. The van der Waals surface area contributed by atoms with Gasteiger partial charge in [-0.2, -0.15) is 0 Å². The average Bonchev–Trinajstić information content (AvgIpc) is 3.22. The lowest BCUT2D eigenvalue weighted by atomic mass is 10.1. The predicted molar refractivity (Wildman–Crippen MR) is 106 cm³/mol. The Balaban J connectivity index is 1.54. The lowest BCUT2D eigenvalue weighted by Crippen LogP contribution is -2.42. The van der Waals surface area contributed by atoms with Gasteiger partial charge in [0, 0.05) is 37.3 Å². The van der Waals surface area contributed by atoms with E-state index in [-0.39, 0.29) is 12.5 Å². The molecule has 0 unspecified atom stereocenters. The third-order valence-electron chi connectivity index (χ3n) is 4.98. The van der Waals surface area contributed by atoms with Crippen LogP contribution in [-0.4, -0.2) is 58.3 Å². The molecule has 0 atom stereocenters. The summed E-state index contributed by atoms with van der Waals surface area (Å²) in [5.74, 6) is 0.614. The minimum absolute atomic E-state index is 0.0189. The Hall–Kier alpha value is -2.93. The molecule has 1 aliphatic heterocycles. The highest BCUT2D eigenvalue weighted by Crippen LogP contribution is 2.26. The number of nitrogens with zero attached hydrogens (tertiary/aromatic N) is 4. The second-order valence-electron chi connectivity index (χ2n) is 6.87. The molecule has 0 aliphatic carbocycles. The van der Waals surface area contributed by atoms with Gasteiger partial charge in [0.25, 0.3) is 5.91 Å². The van der Waals surface area contributed by atoms with E-state index in [0.29, 0.717) is 32.1 Å². The first-order valence-electron chi connectivity index (χ1n) is 9.56. The number of hydrogen-bond donors (Lipinski definition) is 0. The molecule has 1 amide bonds. The zero-order valence-corrected chi connectivity index (χ0v) is 16.2. The number of pyridine rings is 1. The molecule has 7 heteroatoms. The van der Waals surface area contributed by atoms with Crippen molar-refractivity contribution < 1.29 is 14.3 Å². The van der Waals surface area contributed by atoms with E-state index in [4.69, 9.17) is 14.5 Å². The average molecular weight is 380 g/mol. The van der Waals surface area contributed by atoms with Crippen LogP contribution in [0.1, 0.15) is 12.5 Å². The van der Waals surface area contributed by atoms with Crippen molar-refractivity contribution in [1.29, 1.82) is 0 Å². The number of hydrogen-bond acceptors (Lipinski definition) is 5. The van der Waals surface area contributed by atoms with Crippen LogP contribution in [0.2, 0.25) is 0 Å². The van der Waals surface area contributed by atoms with Crippen LogP contribution in [0.5, 0.6) is 5.75 Å². The maximum absolute atomic E-state index is 12.3. The van der Waals surface area contributed by atoms with Crippen LogP contribution in [0.4, 0.5) is 0 Å². The Kier molecular flexibility index (Phi) is 5.25. The Labute approximate surface area is 163 Å². The van der Waals surface area contributed by atoms with Gasteiger partial charge in [0.15, 0.2) is 6.61 Å². The molecule has 0 N–H and O–H groups in total. The minimum Gasteiger partial charge on any atom is -0.484 e. The Morgan fingerprint density at radius 3 is 2.79 bits per heavy atom. The van der Waals surface area contributed by atoms with Crippen molar-refractivity contribution in [1.82, 2.24) is 19.4 Å². The van der Waals surface area contributed by atoms with Crippen LogP contribution < -0.4 is 4.74 Å². The number of ether oxygens (including phenoxy) is 2. The standard InChI is InChI=1S/C21H24N4O3/c1-3-24-12-20(22-14-24)19-10-15(2)17-5-4-16(11-18(17)23-19)28-13-21(26)25-6-8-27-9-7-25/h4-5,10-12,14H,3,6-9,13H2,1-2H3. The van der Waals surface area contributed by atoms with Crippen LogP contribution >= 0.6 is 0 Å². The van der Waals surface area contributed by atoms with Gasteiger partial charge in [0.2, 0.25) is 0 Å². The second-order valence-corrected chi connectivity index (χ2v) is 6.87. The number of rotatable bonds is 5. The van der Waals surface area contributed by atoms with Gasteiger partial charge in [0.1, 0.15) is 11.4 Å². The van der Waals surface area contributed by atoms with Gasteiger partial charge >= 0.3 is 0 Å². The van der Waals surface area contributed by atoms with Gasteiger partial charge in [-0.05, 0) is 37.6 Å². The van der Waals surface area contributed by atoms with Gasteiger partial charge in [-0.15, -0.1) is 0 Å². The number of imidazole rings is 1. The molecule has 7 nitrogen and oxygen atoms in total. The minimum atomic E-state index is -0.0219. The summed E-state index contributed by atoms with van der Waals surface area (Å²) in [7, 11) is 0. The number of aromatic nitrogens is 3. The van der Waals surface area contributed by atoms with Crippen LogP contribution in [-0.2, 0) is 16.1 Å². The second kappa shape index (κ2) is 7.98. The van der Waals surface area contributed by atoms with E-state index in [9.17, 15) is 4.79 Å². The summed E-state index contributed by atoms with van der Waals surface area (Å²) in [6.07, 6.45) is 3.81. The molecule has 1 fully saturated rings. The molecule has 3 heterocycles. The Bertz CT molecular complexity index is 992. The fraction of sp³-hybridized carbons (Fsp3) is 0.381. The molecule has 0 saturated carbocycles. The summed E-state index contributed by atoms with van der Waals surface area (Å²) in [5.41, 5.74) is 3.64. The zero-order chi connectivity index (χ0) is 19.5. The first-order chi connectivity index (χ1) is 13.6. The topological polar surface area (TPSA) is 69.5 Å². The van der Waals surface area contributed by atoms with Crippen molar-refractivity contribution in [2.45, 2.75) is 20.4 Å². The normalized spacial score (nSPS) is 14.4. The van der Waals surface area contributed by atoms with Gasteiger partial charge in [-0.1, -0.05) is 0 Å². The molecule has 146 valence electrons. The molecule has 0 spiro atoms. The molecule has 0 bridgehead atoms. The van der Waals surface area contributed by atoms with Crippen molar-refractivity contribution in [2.24, 2.45) is 0 Å². The van der Waals surface area contributed by atoms with E-state index in [2.05, 4.69) is 18.8 Å². The van der Waals surface area contributed by atoms with Gasteiger partial charge < -0.3 is 18.9 Å². The number of carbonyl (C=O) groups is 1. The molecule has 3 aromatic rings. The highest BCUT2D eigenvalue weighted by Gasteiger charge is 2.17. The predicted octanol–water partition coefficient (Wildman–Crippen LogP) is 2.66. The number of carbonyl (C=O) groups excluding carboxylic acids is 1. The summed E-state index contributed by atoms with van der Waals surface area (Å²) >= 11 is 0. The van der Waals surface area contributed by atoms with Crippen LogP contribution in [0.3, 0.4) is 0 Å². The van der Waals surface area contributed by atoms with Gasteiger partial charge in [-0.25, -0.2) is 9.97 Å². The van der Waals surface area contributed by atoms with E-state index in [1.54, 1.807) is 4.90 Å². The summed E-state index contributed by atoms with van der Waals surface area (Å²) in [6, 6.07) is 7.80. The van der Waals surface area contributed by atoms with E-state index in [1.807, 2.05) is 41.4 Å². The van der Waals surface area contributed by atoms with E-state index in [1.165, 1.54) is 0 Å². The number of benzene rings is 1. The van der Waals surface area contributed by atoms with Crippen molar-refractivity contribution >= 4 is 16.8 Å². The third kappa shape index (κ3) is 3.84. The molecule has 1 saturated heterocycles. The van der Waals surface area contributed by atoms with E-state index < -0.39 is 0 Å². The SMILES string of the molecule is CCn1cnc(-c2cc(C)c3ccc(OCC(=O)N4CCOCC4)cc3n2)c1. The monoisotopic (exact) mass is 380 g/mol. The Morgan fingerprint density at radius 2 is 2.04 bits per heavy atom. The lowest BCUT2D eigenvalue weighted by Gasteiger charge is -2.26. The van der Waals surface area contributed by atoms with E-state index in [0.717, 1.165) is 34.4 Å². The summed E-state index contributed by atoms with van der Waals surface area (Å²) < 4.78 is 13.0. The molecule has 2 aromatic heterocycles. The van der Waals surface area contributed by atoms with E-state index >= 15 is 0 Å². The maximum atomic E-state index is 12.3. The molecule has 1 aliphatic rings. The lowest BCUT2D eigenvalue weighted by molar-refractivity contribution is -0.137. The maximum Gasteiger partial charge on any atom is 0.260 e. The molecule has 4 rings (SSSR count). The van der Waals surface area contributed by atoms with Crippen molar-refractivity contribution in [3.05, 3.63) is 42.4 Å². The molecule has 0 radical (unpaired) electrons. The first-order valence-corrected chi connectivity index (χ1v) is 9.56. The summed E-state index contributed by atoms with van der Waals surface area (Å²) in [4.78, 5) is 23.3. The zero-order valence-electron chi connectivity index (χ0n) is 16.2. The van der Waals surface area contributed by atoms with Gasteiger partial charge in [0.05, 0.1) is 30.8 Å². The number of aryl methyl sites for hydroxylation is 2. The third-order valence-corrected chi connectivity index (χ3v) is 4.98. The van der Waals surface area contributed by atoms with Crippen molar-refractivity contribution in [2.75, 3.05) is 32.9 Å².